The van der Waals surface area contributed by atoms with Crippen LogP contribution in [0.15, 0.2) is 11.5 Å². The van der Waals surface area contributed by atoms with Gasteiger partial charge in [0.05, 0.1) is 6.61 Å². The molecule has 1 fully saturated rings. The summed E-state index contributed by atoms with van der Waals surface area (Å²) in [6.45, 7) is 0.182. The molecule has 0 radical (unpaired) electrons. The van der Waals surface area contributed by atoms with Gasteiger partial charge in [-0.2, -0.15) is 5.10 Å². The van der Waals surface area contributed by atoms with E-state index in [1.54, 1.807) is 22.8 Å². The fourth-order valence-electron chi connectivity index (χ4n) is 1.33. The standard InChI is InChI=1S/C9H16N4OS/c1-13-9(10-6-11-13)15-5-8(4-14)12-7-2-3-7/h6-8,12,14H,2-5H2,1H3. The fourth-order valence-corrected chi connectivity index (χ4v) is 2.24. The summed E-state index contributed by atoms with van der Waals surface area (Å²) < 4.78 is 1.75. The summed E-state index contributed by atoms with van der Waals surface area (Å²) in [5, 5.41) is 17.5. The number of nitrogens with one attached hydrogen (secondary N) is 1. The van der Waals surface area contributed by atoms with Crippen molar-refractivity contribution in [3.63, 3.8) is 0 Å². The van der Waals surface area contributed by atoms with E-state index in [9.17, 15) is 5.11 Å². The normalized spacial score (nSPS) is 18.0. The summed E-state index contributed by atoms with van der Waals surface area (Å²) in [5.41, 5.74) is 0. The third kappa shape index (κ3) is 3.19. The van der Waals surface area contributed by atoms with Gasteiger partial charge in [-0.25, -0.2) is 9.67 Å². The van der Waals surface area contributed by atoms with E-state index in [0.29, 0.717) is 6.04 Å². The molecule has 0 aromatic carbocycles. The SMILES string of the molecule is Cn1ncnc1SCC(CO)NC1CC1. The topological polar surface area (TPSA) is 63.0 Å². The van der Waals surface area contributed by atoms with Gasteiger partial charge in [0.2, 0.25) is 0 Å². The maximum Gasteiger partial charge on any atom is 0.185 e. The number of thioether (sulfide) groups is 1. The molecule has 6 heteroatoms. The lowest BCUT2D eigenvalue weighted by Crippen LogP contribution is -2.36. The molecule has 0 spiro atoms. The van der Waals surface area contributed by atoms with Gasteiger partial charge in [-0.15, -0.1) is 0 Å². The van der Waals surface area contributed by atoms with Crippen molar-refractivity contribution in [1.82, 2.24) is 20.1 Å². The van der Waals surface area contributed by atoms with Crippen LogP contribution in [0, 0.1) is 0 Å². The quantitative estimate of drug-likeness (QED) is 0.672. The molecule has 1 aliphatic rings. The highest BCUT2D eigenvalue weighted by atomic mass is 32.2. The molecule has 1 unspecified atom stereocenters. The van der Waals surface area contributed by atoms with Crippen LogP contribution in [0.4, 0.5) is 0 Å². The van der Waals surface area contributed by atoms with Crippen LogP contribution < -0.4 is 5.32 Å². The average molecular weight is 228 g/mol. The maximum atomic E-state index is 9.18. The predicted molar refractivity (Wildman–Crippen MR) is 58.8 cm³/mol. The van der Waals surface area contributed by atoms with Gasteiger partial charge >= 0.3 is 0 Å². The van der Waals surface area contributed by atoms with Crippen LogP contribution in [0.3, 0.4) is 0 Å². The second kappa shape index (κ2) is 4.96. The number of nitrogens with zero attached hydrogens (tertiary/aromatic N) is 3. The molecule has 15 heavy (non-hydrogen) atoms. The van der Waals surface area contributed by atoms with Crippen LogP contribution in [0.2, 0.25) is 0 Å². The summed E-state index contributed by atoms with van der Waals surface area (Å²) in [4.78, 5) is 4.12. The third-order valence-corrected chi connectivity index (χ3v) is 3.55. The predicted octanol–water partition coefficient (Wildman–Crippen LogP) is 0.0201. The first-order valence-corrected chi connectivity index (χ1v) is 6.12. The minimum absolute atomic E-state index is 0.166. The van der Waals surface area contributed by atoms with Crippen molar-refractivity contribution in [3.8, 4) is 0 Å². The number of hydrogen-bond donors (Lipinski definition) is 2. The second-order valence-corrected chi connectivity index (χ2v) is 4.78. The first-order chi connectivity index (χ1) is 7.29. The van der Waals surface area contributed by atoms with Gasteiger partial charge in [0.15, 0.2) is 5.16 Å². The molecule has 0 bridgehead atoms. The Bertz CT molecular complexity index is 313. The number of rotatable bonds is 6. The van der Waals surface area contributed by atoms with Crippen LogP contribution in [0.1, 0.15) is 12.8 Å². The van der Waals surface area contributed by atoms with Crippen molar-refractivity contribution < 1.29 is 5.11 Å². The molecule has 1 saturated carbocycles. The van der Waals surface area contributed by atoms with E-state index >= 15 is 0 Å². The maximum absolute atomic E-state index is 9.18. The Balaban J connectivity index is 1.77. The van der Waals surface area contributed by atoms with E-state index in [1.165, 1.54) is 12.8 Å². The Labute approximate surface area is 93.3 Å². The lowest BCUT2D eigenvalue weighted by molar-refractivity contribution is 0.253. The van der Waals surface area contributed by atoms with E-state index in [2.05, 4.69) is 15.4 Å². The number of aliphatic hydroxyl groups is 1. The Kier molecular flexibility index (Phi) is 3.61. The molecule has 84 valence electrons. The first-order valence-electron chi connectivity index (χ1n) is 5.13. The molecule has 1 aromatic heterocycles. The zero-order valence-electron chi connectivity index (χ0n) is 8.76. The van der Waals surface area contributed by atoms with E-state index in [-0.39, 0.29) is 12.6 Å². The van der Waals surface area contributed by atoms with Crippen molar-refractivity contribution in [2.45, 2.75) is 30.1 Å². The molecule has 2 rings (SSSR count). The van der Waals surface area contributed by atoms with Gasteiger partial charge in [-0.1, -0.05) is 11.8 Å². The monoisotopic (exact) mass is 228 g/mol. The minimum Gasteiger partial charge on any atom is -0.395 e. The van der Waals surface area contributed by atoms with Gasteiger partial charge < -0.3 is 10.4 Å². The van der Waals surface area contributed by atoms with E-state index in [1.807, 2.05) is 7.05 Å². The largest absolute Gasteiger partial charge is 0.395 e. The first kappa shape index (κ1) is 10.9. The van der Waals surface area contributed by atoms with Crippen molar-refractivity contribution >= 4 is 11.8 Å². The Morgan fingerprint density at radius 1 is 1.73 bits per heavy atom. The Morgan fingerprint density at radius 3 is 3.07 bits per heavy atom. The minimum atomic E-state index is 0.166. The third-order valence-electron chi connectivity index (χ3n) is 2.35. The molecular weight excluding hydrogens is 212 g/mol. The smallest absolute Gasteiger partial charge is 0.185 e. The van der Waals surface area contributed by atoms with Gasteiger partial charge in [-0.05, 0) is 12.8 Å². The zero-order chi connectivity index (χ0) is 10.7. The summed E-state index contributed by atoms with van der Waals surface area (Å²) >= 11 is 1.62. The van der Waals surface area contributed by atoms with Gasteiger partial charge in [0, 0.05) is 24.9 Å². The average Bonchev–Trinajstić information content (AvgIpc) is 2.96. The summed E-state index contributed by atoms with van der Waals surface area (Å²) in [7, 11) is 1.87. The lowest BCUT2D eigenvalue weighted by atomic mass is 10.3. The molecule has 1 aromatic rings. The summed E-state index contributed by atoms with van der Waals surface area (Å²) in [6.07, 6.45) is 4.03. The number of aryl methyl sites for hydroxylation is 1. The molecule has 1 atom stereocenters. The Morgan fingerprint density at radius 2 is 2.53 bits per heavy atom. The molecule has 1 heterocycles. The van der Waals surface area contributed by atoms with Gasteiger partial charge in [0.25, 0.3) is 0 Å². The molecular formula is C9H16N4OS. The van der Waals surface area contributed by atoms with Crippen LogP contribution in [-0.4, -0.2) is 44.3 Å². The van der Waals surface area contributed by atoms with Gasteiger partial charge in [0.1, 0.15) is 6.33 Å². The second-order valence-electron chi connectivity index (χ2n) is 3.80. The molecule has 2 N–H and O–H groups in total. The van der Waals surface area contributed by atoms with Crippen LogP contribution in [-0.2, 0) is 7.05 Å². The van der Waals surface area contributed by atoms with Crippen molar-refractivity contribution in [2.24, 2.45) is 7.05 Å². The lowest BCUT2D eigenvalue weighted by Gasteiger charge is -2.14. The number of aliphatic hydroxyl groups excluding tert-OH is 1. The van der Waals surface area contributed by atoms with Crippen LogP contribution >= 0.6 is 11.8 Å². The van der Waals surface area contributed by atoms with Gasteiger partial charge in [-0.3, -0.25) is 0 Å². The van der Waals surface area contributed by atoms with Crippen molar-refractivity contribution in [1.29, 1.82) is 0 Å². The van der Waals surface area contributed by atoms with Crippen LogP contribution in [0.5, 0.6) is 0 Å². The zero-order valence-corrected chi connectivity index (χ0v) is 9.57. The molecule has 0 saturated heterocycles. The van der Waals surface area contributed by atoms with E-state index in [0.717, 1.165) is 10.9 Å². The number of hydrogen-bond acceptors (Lipinski definition) is 5. The summed E-state index contributed by atoms with van der Waals surface area (Å²) in [5.74, 6) is 0.833. The van der Waals surface area contributed by atoms with Crippen molar-refractivity contribution in [2.75, 3.05) is 12.4 Å². The highest BCUT2D eigenvalue weighted by Gasteiger charge is 2.24. The Hall–Kier alpha value is -0.590. The highest BCUT2D eigenvalue weighted by Crippen LogP contribution is 2.21. The molecule has 0 amide bonds. The fraction of sp³-hybridized carbons (Fsp3) is 0.778. The molecule has 1 aliphatic carbocycles. The molecule has 5 nitrogen and oxygen atoms in total. The molecule has 0 aliphatic heterocycles. The van der Waals surface area contributed by atoms with Crippen molar-refractivity contribution in [3.05, 3.63) is 6.33 Å². The number of aromatic nitrogens is 3. The summed E-state index contributed by atoms with van der Waals surface area (Å²) in [6, 6.07) is 0.793. The van der Waals surface area contributed by atoms with E-state index < -0.39 is 0 Å². The van der Waals surface area contributed by atoms with Crippen LogP contribution in [0.25, 0.3) is 0 Å². The highest BCUT2D eigenvalue weighted by molar-refractivity contribution is 7.99. The van der Waals surface area contributed by atoms with E-state index in [4.69, 9.17) is 0 Å².